The van der Waals surface area contributed by atoms with Crippen LogP contribution in [0.3, 0.4) is 0 Å². The fourth-order valence-electron chi connectivity index (χ4n) is 2.12. The third-order valence-corrected chi connectivity index (χ3v) is 3.21. The second kappa shape index (κ2) is 6.75. The van der Waals surface area contributed by atoms with E-state index < -0.39 is 0 Å². The second-order valence-electron chi connectivity index (χ2n) is 4.46. The van der Waals surface area contributed by atoms with Crippen LogP contribution >= 0.6 is 0 Å². The van der Waals surface area contributed by atoms with Crippen LogP contribution in [-0.4, -0.2) is 20.5 Å². The van der Waals surface area contributed by atoms with Gasteiger partial charge in [0.2, 0.25) is 0 Å². The minimum Gasteiger partial charge on any atom is -0.493 e. The van der Waals surface area contributed by atoms with Crippen molar-refractivity contribution in [2.45, 2.75) is 12.8 Å². The molecule has 1 aliphatic rings. The number of hydrogen-bond donors (Lipinski definition) is 0. The lowest BCUT2D eigenvalue weighted by Gasteiger charge is -2.14. The molecule has 0 saturated carbocycles. The average molecular weight is 270 g/mol. The molecular weight excluding hydrogens is 252 g/mol. The smallest absolute Gasteiger partial charge is 0.160 e. The van der Waals surface area contributed by atoms with Gasteiger partial charge in [-0.25, -0.2) is 0 Å². The summed E-state index contributed by atoms with van der Waals surface area (Å²) in [6.45, 7) is 0. The van der Waals surface area contributed by atoms with E-state index in [-0.39, 0.29) is 0 Å². The Hall–Kier alpha value is -2.29. The standard InChI is InChI=1S/C17H18O3/c1-19-16-6-4-3-5-15(11-17(16)20-2)14-9-7-13(12-18)8-10-14/h5-12H,3-4H2,1-2H3/b15-5-,16-6?,17-11?. The quantitative estimate of drug-likeness (QED) is 0.782. The first-order valence-electron chi connectivity index (χ1n) is 6.54. The minimum atomic E-state index is 0.675. The molecule has 0 unspecified atom stereocenters. The summed E-state index contributed by atoms with van der Waals surface area (Å²) in [5, 5.41) is 0. The van der Waals surface area contributed by atoms with Gasteiger partial charge in [0.1, 0.15) is 6.29 Å². The number of hydrogen-bond acceptors (Lipinski definition) is 3. The highest BCUT2D eigenvalue weighted by molar-refractivity contribution is 5.79. The minimum absolute atomic E-state index is 0.675. The van der Waals surface area contributed by atoms with Crippen LogP contribution in [0.5, 0.6) is 0 Å². The molecule has 0 aromatic heterocycles. The van der Waals surface area contributed by atoms with Crippen molar-refractivity contribution < 1.29 is 14.3 Å². The monoisotopic (exact) mass is 270 g/mol. The highest BCUT2D eigenvalue weighted by Gasteiger charge is 2.10. The molecule has 3 heteroatoms. The Morgan fingerprint density at radius 3 is 2.20 bits per heavy atom. The van der Waals surface area contributed by atoms with Gasteiger partial charge >= 0.3 is 0 Å². The fraction of sp³-hybridized carbons (Fsp3) is 0.235. The Bertz CT molecular complexity index is 562. The first kappa shape index (κ1) is 14.1. The molecule has 0 fully saturated rings. The summed E-state index contributed by atoms with van der Waals surface area (Å²) in [5.74, 6) is 1.46. The molecule has 0 atom stereocenters. The van der Waals surface area contributed by atoms with Crippen molar-refractivity contribution in [1.29, 1.82) is 0 Å². The number of allylic oxidation sites excluding steroid dienone is 4. The molecule has 104 valence electrons. The number of ether oxygens (including phenoxy) is 2. The average Bonchev–Trinajstić information content (AvgIpc) is 2.48. The molecule has 0 amide bonds. The molecule has 0 aliphatic heterocycles. The van der Waals surface area contributed by atoms with Crippen molar-refractivity contribution in [3.05, 3.63) is 65.1 Å². The molecule has 0 N–H and O–H groups in total. The highest BCUT2D eigenvalue weighted by Crippen LogP contribution is 2.25. The van der Waals surface area contributed by atoms with E-state index in [4.69, 9.17) is 9.47 Å². The predicted molar refractivity (Wildman–Crippen MR) is 79.2 cm³/mol. The van der Waals surface area contributed by atoms with Gasteiger partial charge in [0.25, 0.3) is 0 Å². The van der Waals surface area contributed by atoms with E-state index in [1.807, 2.05) is 36.4 Å². The largest absolute Gasteiger partial charge is 0.493 e. The van der Waals surface area contributed by atoms with Gasteiger partial charge in [0, 0.05) is 5.56 Å². The lowest BCUT2D eigenvalue weighted by atomic mass is 10.00. The van der Waals surface area contributed by atoms with E-state index in [0.717, 1.165) is 36.0 Å². The molecule has 1 aromatic carbocycles. The normalized spacial score (nSPS) is 17.8. The SMILES string of the molecule is COC1=CCC/C=C(\c2ccc(C=O)cc2)C=C1OC. The molecule has 0 radical (unpaired) electrons. The van der Waals surface area contributed by atoms with Crippen LogP contribution in [0.25, 0.3) is 5.57 Å². The van der Waals surface area contributed by atoms with Gasteiger partial charge < -0.3 is 9.47 Å². The Morgan fingerprint density at radius 1 is 0.950 bits per heavy atom. The van der Waals surface area contributed by atoms with Crippen LogP contribution in [0.2, 0.25) is 0 Å². The Balaban J connectivity index is 2.38. The van der Waals surface area contributed by atoms with Gasteiger partial charge in [0.15, 0.2) is 11.5 Å². The summed E-state index contributed by atoms with van der Waals surface area (Å²) in [4.78, 5) is 10.7. The molecule has 2 rings (SSSR count). The number of methoxy groups -OCH3 is 2. The summed E-state index contributed by atoms with van der Waals surface area (Å²) < 4.78 is 10.7. The van der Waals surface area contributed by atoms with Crippen molar-refractivity contribution in [1.82, 2.24) is 0 Å². The summed E-state index contributed by atoms with van der Waals surface area (Å²) in [5.41, 5.74) is 2.80. The first-order valence-corrected chi connectivity index (χ1v) is 6.54. The zero-order valence-corrected chi connectivity index (χ0v) is 11.8. The van der Waals surface area contributed by atoms with E-state index in [1.54, 1.807) is 14.2 Å². The van der Waals surface area contributed by atoms with Crippen LogP contribution < -0.4 is 0 Å². The molecule has 20 heavy (non-hydrogen) atoms. The maximum absolute atomic E-state index is 10.7. The van der Waals surface area contributed by atoms with E-state index >= 15 is 0 Å². The van der Waals surface area contributed by atoms with E-state index in [2.05, 4.69) is 6.08 Å². The van der Waals surface area contributed by atoms with E-state index in [9.17, 15) is 4.79 Å². The molecule has 1 aliphatic carbocycles. The maximum atomic E-state index is 10.7. The zero-order valence-electron chi connectivity index (χ0n) is 11.8. The summed E-state index contributed by atoms with van der Waals surface area (Å²) in [7, 11) is 3.27. The lowest BCUT2D eigenvalue weighted by molar-refractivity contribution is 0.112. The summed E-state index contributed by atoms with van der Waals surface area (Å²) in [6.07, 6.45) is 8.84. The van der Waals surface area contributed by atoms with Gasteiger partial charge in [-0.15, -0.1) is 0 Å². The molecular formula is C17H18O3. The third-order valence-electron chi connectivity index (χ3n) is 3.21. The van der Waals surface area contributed by atoms with Gasteiger partial charge in [-0.1, -0.05) is 30.3 Å². The summed E-state index contributed by atoms with van der Waals surface area (Å²) >= 11 is 0. The summed E-state index contributed by atoms with van der Waals surface area (Å²) in [6, 6.07) is 7.51. The van der Waals surface area contributed by atoms with E-state index in [0.29, 0.717) is 11.3 Å². The molecule has 0 spiro atoms. The number of benzene rings is 1. The van der Waals surface area contributed by atoms with Crippen LogP contribution in [0.15, 0.2) is 54.0 Å². The number of rotatable bonds is 4. The molecule has 3 nitrogen and oxygen atoms in total. The van der Waals surface area contributed by atoms with Gasteiger partial charge in [-0.2, -0.15) is 0 Å². The Morgan fingerprint density at radius 2 is 1.60 bits per heavy atom. The first-order chi connectivity index (χ1) is 9.78. The van der Waals surface area contributed by atoms with Crippen molar-refractivity contribution >= 4 is 11.9 Å². The highest BCUT2D eigenvalue weighted by atomic mass is 16.5. The second-order valence-corrected chi connectivity index (χ2v) is 4.46. The number of carbonyl (C=O) groups is 1. The lowest BCUT2D eigenvalue weighted by Crippen LogP contribution is -1.98. The Kier molecular flexibility index (Phi) is 4.77. The molecule has 0 heterocycles. The van der Waals surface area contributed by atoms with Crippen molar-refractivity contribution in [3.63, 3.8) is 0 Å². The van der Waals surface area contributed by atoms with Crippen LogP contribution in [0, 0.1) is 0 Å². The van der Waals surface area contributed by atoms with Crippen molar-refractivity contribution in [3.8, 4) is 0 Å². The molecule has 0 bridgehead atoms. The number of carbonyl (C=O) groups excluding carboxylic acids is 1. The van der Waals surface area contributed by atoms with Crippen molar-refractivity contribution in [2.24, 2.45) is 0 Å². The van der Waals surface area contributed by atoms with Gasteiger partial charge in [-0.3, -0.25) is 4.79 Å². The number of aldehydes is 1. The third kappa shape index (κ3) is 3.18. The fourth-order valence-corrected chi connectivity index (χ4v) is 2.12. The predicted octanol–water partition coefficient (Wildman–Crippen LogP) is 3.74. The van der Waals surface area contributed by atoms with Crippen LogP contribution in [0.1, 0.15) is 28.8 Å². The van der Waals surface area contributed by atoms with E-state index in [1.165, 1.54) is 0 Å². The zero-order chi connectivity index (χ0) is 14.4. The Labute approximate surface area is 119 Å². The van der Waals surface area contributed by atoms with Gasteiger partial charge in [0.05, 0.1) is 14.2 Å². The molecule has 0 saturated heterocycles. The van der Waals surface area contributed by atoms with Crippen LogP contribution in [0.4, 0.5) is 0 Å². The van der Waals surface area contributed by atoms with Crippen LogP contribution in [-0.2, 0) is 9.47 Å². The van der Waals surface area contributed by atoms with Crippen molar-refractivity contribution in [2.75, 3.05) is 14.2 Å². The topological polar surface area (TPSA) is 35.5 Å². The maximum Gasteiger partial charge on any atom is 0.160 e. The van der Waals surface area contributed by atoms with Gasteiger partial charge in [-0.05, 0) is 36.1 Å². The molecule has 1 aromatic rings.